The van der Waals surface area contributed by atoms with Crippen molar-refractivity contribution < 1.29 is 24.2 Å². The Labute approximate surface area is 341 Å². The molecule has 0 aromatic rings. The van der Waals surface area contributed by atoms with Crippen molar-refractivity contribution in [3.05, 3.63) is 0 Å². The highest BCUT2D eigenvalue weighted by atomic mass is 16.5. The molecule has 0 saturated heterocycles. The van der Waals surface area contributed by atoms with Crippen LogP contribution in [0.3, 0.4) is 0 Å². The highest BCUT2D eigenvalue weighted by Crippen LogP contribution is 2.19. The van der Waals surface area contributed by atoms with Gasteiger partial charge in [-0.2, -0.15) is 0 Å². The van der Waals surface area contributed by atoms with Crippen molar-refractivity contribution in [1.29, 1.82) is 0 Å². The third-order valence-electron chi connectivity index (χ3n) is 11.4. The average Bonchev–Trinajstić information content (AvgIpc) is 3.17. The minimum atomic E-state index is -1.00. The van der Waals surface area contributed by atoms with Gasteiger partial charge in [-0.15, -0.1) is 0 Å². The number of rotatable bonds is 45. The van der Waals surface area contributed by atoms with Gasteiger partial charge in [-0.1, -0.05) is 206 Å². The highest BCUT2D eigenvalue weighted by Gasteiger charge is 2.19. The summed E-state index contributed by atoms with van der Waals surface area (Å²) < 4.78 is 6.02. The van der Waals surface area contributed by atoms with Crippen molar-refractivity contribution in [3.8, 4) is 0 Å². The molecule has 0 fully saturated rings. The van der Waals surface area contributed by atoms with E-state index in [4.69, 9.17) is 10.5 Å². The first-order valence-corrected chi connectivity index (χ1v) is 24.4. The summed E-state index contributed by atoms with van der Waals surface area (Å²) in [7, 11) is 0. The van der Waals surface area contributed by atoms with Crippen molar-refractivity contribution in [2.24, 2.45) is 5.73 Å². The Hall–Kier alpha value is -1.63. The lowest BCUT2D eigenvalue weighted by molar-refractivity contribution is -0.150. The number of carboxylic acids is 1. The van der Waals surface area contributed by atoms with E-state index in [-0.39, 0.29) is 18.0 Å². The molecule has 0 aliphatic carbocycles. The number of esters is 1. The standard InChI is InChI=1S/C48H94N2O5/c1-3-5-7-9-11-12-13-14-15-16-17-18-19-20-21-22-23-24-25-26-27-32-36-42-47(52)55-44(38-33-29-10-8-6-4-2)39-34-30-28-31-35-41-46(51)50-45(48(53)54)40-37-43-49/h44-45H,3-43,49H2,1-2H3,(H,50,51)(H,53,54). The number of ether oxygens (including phenoxy) is 1. The summed E-state index contributed by atoms with van der Waals surface area (Å²) in [4.78, 5) is 36.3. The Morgan fingerprint density at radius 3 is 1.13 bits per heavy atom. The fourth-order valence-corrected chi connectivity index (χ4v) is 7.75. The van der Waals surface area contributed by atoms with Gasteiger partial charge in [0.2, 0.25) is 5.91 Å². The minimum absolute atomic E-state index is 0.0170. The van der Waals surface area contributed by atoms with Crippen LogP contribution >= 0.6 is 0 Å². The summed E-state index contributed by atoms with van der Waals surface area (Å²) >= 11 is 0. The van der Waals surface area contributed by atoms with Gasteiger partial charge in [-0.3, -0.25) is 9.59 Å². The van der Waals surface area contributed by atoms with Gasteiger partial charge in [0.1, 0.15) is 12.1 Å². The summed E-state index contributed by atoms with van der Waals surface area (Å²) in [6.07, 6.45) is 47.6. The monoisotopic (exact) mass is 779 g/mol. The van der Waals surface area contributed by atoms with E-state index < -0.39 is 12.0 Å². The second-order valence-electron chi connectivity index (χ2n) is 16.9. The molecule has 0 bridgehead atoms. The summed E-state index contributed by atoms with van der Waals surface area (Å²) in [5.41, 5.74) is 5.48. The lowest BCUT2D eigenvalue weighted by Crippen LogP contribution is -2.40. The molecule has 4 N–H and O–H groups in total. The molecule has 0 aliphatic heterocycles. The van der Waals surface area contributed by atoms with Gasteiger partial charge in [-0.05, 0) is 57.9 Å². The molecular weight excluding hydrogens is 685 g/mol. The maximum absolute atomic E-state index is 12.8. The Morgan fingerprint density at radius 1 is 0.455 bits per heavy atom. The average molecular weight is 779 g/mol. The van der Waals surface area contributed by atoms with Crippen LogP contribution in [0.5, 0.6) is 0 Å². The van der Waals surface area contributed by atoms with Crippen LogP contribution in [-0.4, -0.2) is 41.6 Å². The molecule has 0 heterocycles. The third-order valence-corrected chi connectivity index (χ3v) is 11.4. The summed E-state index contributed by atoms with van der Waals surface area (Å²) in [5.74, 6) is -1.22. The first-order valence-electron chi connectivity index (χ1n) is 24.4. The predicted molar refractivity (Wildman–Crippen MR) is 235 cm³/mol. The highest BCUT2D eigenvalue weighted by molar-refractivity contribution is 5.83. The van der Waals surface area contributed by atoms with Gasteiger partial charge in [0.15, 0.2) is 0 Å². The minimum Gasteiger partial charge on any atom is -0.480 e. The van der Waals surface area contributed by atoms with Crippen LogP contribution in [0.15, 0.2) is 0 Å². The van der Waals surface area contributed by atoms with Crippen molar-refractivity contribution in [2.45, 2.75) is 283 Å². The number of carbonyl (C=O) groups excluding carboxylic acids is 2. The van der Waals surface area contributed by atoms with Gasteiger partial charge in [0, 0.05) is 12.8 Å². The second kappa shape index (κ2) is 43.5. The van der Waals surface area contributed by atoms with Crippen molar-refractivity contribution in [3.63, 3.8) is 0 Å². The van der Waals surface area contributed by atoms with E-state index >= 15 is 0 Å². The van der Waals surface area contributed by atoms with Gasteiger partial charge in [-0.25, -0.2) is 4.79 Å². The maximum atomic E-state index is 12.8. The summed E-state index contributed by atoms with van der Waals surface area (Å²) in [6, 6.07) is -0.851. The van der Waals surface area contributed by atoms with E-state index in [0.717, 1.165) is 64.2 Å². The molecule has 0 aliphatic rings. The van der Waals surface area contributed by atoms with Crippen LogP contribution in [0.25, 0.3) is 0 Å². The van der Waals surface area contributed by atoms with Crippen molar-refractivity contribution in [2.75, 3.05) is 6.54 Å². The van der Waals surface area contributed by atoms with Crippen LogP contribution in [0.4, 0.5) is 0 Å². The molecule has 7 nitrogen and oxygen atoms in total. The lowest BCUT2D eigenvalue weighted by atomic mass is 10.0. The molecule has 0 aromatic carbocycles. The SMILES string of the molecule is CCCCCCCCCCCCCCCCCCCCCCCCCC(=O)OC(CCCCCCCC)CCCCCCCC(=O)NC(CCCN)C(=O)O. The van der Waals surface area contributed by atoms with Gasteiger partial charge < -0.3 is 20.9 Å². The summed E-state index contributed by atoms with van der Waals surface area (Å²) in [5, 5.41) is 11.9. The number of hydrogen-bond acceptors (Lipinski definition) is 5. The van der Waals surface area contributed by atoms with Crippen LogP contribution < -0.4 is 11.1 Å². The third kappa shape index (κ3) is 40.4. The van der Waals surface area contributed by atoms with E-state index in [1.807, 2.05) is 0 Å². The molecule has 7 heteroatoms. The molecule has 0 spiro atoms. The number of carbonyl (C=O) groups is 3. The molecular formula is C48H94N2O5. The molecule has 0 radical (unpaired) electrons. The zero-order valence-electron chi connectivity index (χ0n) is 36.8. The van der Waals surface area contributed by atoms with E-state index in [1.165, 1.54) is 167 Å². The smallest absolute Gasteiger partial charge is 0.326 e. The largest absolute Gasteiger partial charge is 0.480 e. The first kappa shape index (κ1) is 53.4. The molecule has 0 saturated carbocycles. The van der Waals surface area contributed by atoms with Gasteiger partial charge >= 0.3 is 11.9 Å². The molecule has 2 unspecified atom stereocenters. The van der Waals surface area contributed by atoms with E-state index in [2.05, 4.69) is 19.2 Å². The van der Waals surface area contributed by atoms with Crippen molar-refractivity contribution in [1.82, 2.24) is 5.32 Å². The second-order valence-corrected chi connectivity index (χ2v) is 16.9. The number of hydrogen-bond donors (Lipinski definition) is 3. The fraction of sp³-hybridized carbons (Fsp3) is 0.938. The number of nitrogens with two attached hydrogens (primary N) is 1. The predicted octanol–water partition coefficient (Wildman–Crippen LogP) is 14.1. The van der Waals surface area contributed by atoms with Crippen LogP contribution in [0.2, 0.25) is 0 Å². The number of unbranched alkanes of at least 4 members (excludes halogenated alkanes) is 31. The molecule has 1 amide bonds. The number of aliphatic carboxylic acids is 1. The molecule has 0 rings (SSSR count). The van der Waals surface area contributed by atoms with Gasteiger partial charge in [0.25, 0.3) is 0 Å². The van der Waals surface area contributed by atoms with Crippen LogP contribution in [-0.2, 0) is 19.1 Å². The topological polar surface area (TPSA) is 119 Å². The number of carboxylic acid groups (broad SMARTS) is 1. The lowest BCUT2D eigenvalue weighted by Gasteiger charge is -2.18. The van der Waals surface area contributed by atoms with E-state index in [9.17, 15) is 19.5 Å². The summed E-state index contributed by atoms with van der Waals surface area (Å²) in [6.45, 7) is 4.95. The van der Waals surface area contributed by atoms with E-state index in [1.54, 1.807) is 0 Å². The van der Waals surface area contributed by atoms with E-state index in [0.29, 0.717) is 32.2 Å². The quantitative estimate of drug-likeness (QED) is 0.0418. The first-order chi connectivity index (χ1) is 26.9. The number of nitrogens with one attached hydrogen (secondary N) is 1. The normalized spacial score (nSPS) is 12.5. The van der Waals surface area contributed by atoms with Crippen LogP contribution in [0.1, 0.15) is 271 Å². The molecule has 326 valence electrons. The Bertz CT molecular complexity index is 837. The van der Waals surface area contributed by atoms with Gasteiger partial charge in [0.05, 0.1) is 0 Å². The molecule has 55 heavy (non-hydrogen) atoms. The Morgan fingerprint density at radius 2 is 0.782 bits per heavy atom. The Kier molecular flexibility index (Phi) is 42.2. The molecule has 0 aromatic heterocycles. The van der Waals surface area contributed by atoms with Crippen molar-refractivity contribution >= 4 is 17.8 Å². The maximum Gasteiger partial charge on any atom is 0.326 e. The zero-order valence-corrected chi connectivity index (χ0v) is 36.8. The molecule has 2 atom stereocenters. The zero-order chi connectivity index (χ0) is 40.3. The van der Waals surface area contributed by atoms with Crippen LogP contribution in [0, 0.1) is 0 Å². The Balaban J connectivity index is 3.90. The fourth-order valence-electron chi connectivity index (χ4n) is 7.75. The number of amides is 1.